The lowest BCUT2D eigenvalue weighted by molar-refractivity contribution is -0.146. The normalized spacial score (nSPS) is 23.7. The fourth-order valence-corrected chi connectivity index (χ4v) is 3.99. The minimum Gasteiger partial charge on any atom is -0.383 e. The van der Waals surface area contributed by atoms with E-state index in [4.69, 9.17) is 4.74 Å². The van der Waals surface area contributed by atoms with Crippen molar-refractivity contribution in [2.45, 2.75) is 39.2 Å². The average Bonchev–Trinajstić information content (AvgIpc) is 3.21. The van der Waals surface area contributed by atoms with Crippen molar-refractivity contribution in [1.82, 2.24) is 19.6 Å². The van der Waals surface area contributed by atoms with Gasteiger partial charge in [-0.2, -0.15) is 5.10 Å². The number of piperidine rings is 1. The number of aromatic nitrogens is 2. The third-order valence-corrected chi connectivity index (χ3v) is 5.41. The van der Waals surface area contributed by atoms with Gasteiger partial charge < -0.3 is 14.5 Å². The molecule has 0 unspecified atom stereocenters. The molecule has 7 nitrogen and oxygen atoms in total. The van der Waals surface area contributed by atoms with Crippen LogP contribution in [0.5, 0.6) is 0 Å². The molecule has 0 saturated carbocycles. The van der Waals surface area contributed by atoms with Gasteiger partial charge in [0.05, 0.1) is 18.2 Å². The van der Waals surface area contributed by atoms with Crippen LogP contribution in [0.2, 0.25) is 0 Å². The van der Waals surface area contributed by atoms with Gasteiger partial charge >= 0.3 is 0 Å². The number of hydrogen-bond donors (Lipinski definition) is 0. The van der Waals surface area contributed by atoms with Gasteiger partial charge in [-0.25, -0.2) is 0 Å². The highest BCUT2D eigenvalue weighted by Crippen LogP contribution is 2.40. The van der Waals surface area contributed by atoms with Gasteiger partial charge in [-0.15, -0.1) is 0 Å². The Hall–Kier alpha value is -1.89. The molecule has 2 aliphatic rings. The van der Waals surface area contributed by atoms with Crippen LogP contribution in [0, 0.1) is 12.3 Å². The van der Waals surface area contributed by atoms with Crippen LogP contribution in [0.3, 0.4) is 0 Å². The van der Waals surface area contributed by atoms with Gasteiger partial charge in [0.15, 0.2) is 0 Å². The Bertz CT molecular complexity index is 630. The summed E-state index contributed by atoms with van der Waals surface area (Å²) in [6, 6.07) is 0. The molecule has 3 rings (SSSR count). The second kappa shape index (κ2) is 7.56. The largest absolute Gasteiger partial charge is 0.383 e. The topological polar surface area (TPSA) is 67.7 Å². The number of carbonyl (C=O) groups excluding carboxylic acids is 2. The molecular weight excluding hydrogens is 320 g/mol. The van der Waals surface area contributed by atoms with Crippen molar-refractivity contribution in [1.29, 1.82) is 0 Å². The van der Waals surface area contributed by atoms with Gasteiger partial charge in [0.25, 0.3) is 0 Å². The summed E-state index contributed by atoms with van der Waals surface area (Å²) in [6.07, 6.45) is 6.84. The van der Waals surface area contributed by atoms with Crippen LogP contribution in [0.1, 0.15) is 31.2 Å². The SMILES string of the molecule is COCCN1CCC[C@]2(CCN(C(=O)CCn3cc(C)cn3)C2)C1=O. The zero-order valence-electron chi connectivity index (χ0n) is 15.2. The summed E-state index contributed by atoms with van der Waals surface area (Å²) in [6.45, 7) is 5.82. The number of hydrogen-bond acceptors (Lipinski definition) is 4. The van der Waals surface area contributed by atoms with E-state index in [1.54, 1.807) is 18.0 Å². The van der Waals surface area contributed by atoms with Crippen molar-refractivity contribution < 1.29 is 14.3 Å². The standard InChI is InChI=1S/C18H28N4O3/c1-15-12-19-22(13-15)8-4-16(23)21-9-6-18(14-21)5-3-7-20(17(18)24)10-11-25-2/h12-13H,3-11,14H2,1-2H3/t18-/m1/s1. The van der Waals surface area contributed by atoms with Crippen LogP contribution in [-0.2, 0) is 20.9 Å². The Morgan fingerprint density at radius 3 is 2.88 bits per heavy atom. The Morgan fingerprint density at radius 1 is 1.32 bits per heavy atom. The third kappa shape index (κ3) is 3.86. The number of methoxy groups -OCH3 is 1. The third-order valence-electron chi connectivity index (χ3n) is 5.41. The fourth-order valence-electron chi connectivity index (χ4n) is 3.99. The number of aryl methyl sites for hydroxylation is 2. The van der Waals surface area contributed by atoms with E-state index in [2.05, 4.69) is 5.10 Å². The predicted octanol–water partition coefficient (Wildman–Crippen LogP) is 1.07. The first-order chi connectivity index (χ1) is 12.0. The molecule has 2 aliphatic heterocycles. The maximum atomic E-state index is 12.9. The van der Waals surface area contributed by atoms with Gasteiger partial charge in [-0.05, 0) is 31.7 Å². The number of rotatable bonds is 6. The second-order valence-corrected chi connectivity index (χ2v) is 7.26. The first kappa shape index (κ1) is 17.9. The summed E-state index contributed by atoms with van der Waals surface area (Å²) in [5.41, 5.74) is 0.723. The predicted molar refractivity (Wildman–Crippen MR) is 92.9 cm³/mol. The monoisotopic (exact) mass is 348 g/mol. The molecule has 0 radical (unpaired) electrons. The van der Waals surface area contributed by atoms with E-state index < -0.39 is 0 Å². The van der Waals surface area contributed by atoms with E-state index in [0.29, 0.717) is 39.2 Å². The van der Waals surface area contributed by atoms with Crippen molar-refractivity contribution in [2.75, 3.05) is 39.9 Å². The molecule has 3 heterocycles. The summed E-state index contributed by atoms with van der Waals surface area (Å²) in [5.74, 6) is 0.320. The summed E-state index contributed by atoms with van der Waals surface area (Å²) in [4.78, 5) is 29.3. The molecule has 1 aromatic rings. The van der Waals surface area contributed by atoms with Crippen LogP contribution >= 0.6 is 0 Å². The van der Waals surface area contributed by atoms with Crippen LogP contribution in [-0.4, -0.2) is 71.3 Å². The Morgan fingerprint density at radius 2 is 2.16 bits per heavy atom. The van der Waals surface area contributed by atoms with Crippen LogP contribution in [0.15, 0.2) is 12.4 Å². The maximum Gasteiger partial charge on any atom is 0.230 e. The van der Waals surface area contributed by atoms with E-state index >= 15 is 0 Å². The summed E-state index contributed by atoms with van der Waals surface area (Å²) in [7, 11) is 1.65. The van der Waals surface area contributed by atoms with Gasteiger partial charge in [-0.3, -0.25) is 14.3 Å². The first-order valence-electron chi connectivity index (χ1n) is 9.09. The zero-order chi connectivity index (χ0) is 17.9. The number of ether oxygens (including phenoxy) is 1. The summed E-state index contributed by atoms with van der Waals surface area (Å²) in [5, 5.41) is 4.22. The van der Waals surface area contributed by atoms with Gasteiger partial charge in [0.1, 0.15) is 0 Å². The maximum absolute atomic E-state index is 12.9. The lowest BCUT2D eigenvalue weighted by atomic mass is 9.78. The van der Waals surface area contributed by atoms with Crippen LogP contribution in [0.4, 0.5) is 0 Å². The molecule has 1 atom stereocenters. The highest BCUT2D eigenvalue weighted by Gasteiger charge is 2.49. The lowest BCUT2D eigenvalue weighted by Gasteiger charge is -2.39. The molecule has 0 aromatic carbocycles. The van der Waals surface area contributed by atoms with E-state index in [9.17, 15) is 9.59 Å². The Labute approximate surface area is 148 Å². The van der Waals surface area contributed by atoms with Crippen molar-refractivity contribution in [3.05, 3.63) is 18.0 Å². The molecule has 0 aliphatic carbocycles. The molecule has 0 N–H and O–H groups in total. The summed E-state index contributed by atoms with van der Waals surface area (Å²) < 4.78 is 6.92. The van der Waals surface area contributed by atoms with Gasteiger partial charge in [-0.1, -0.05) is 0 Å². The molecule has 7 heteroatoms. The van der Waals surface area contributed by atoms with E-state index in [0.717, 1.165) is 31.4 Å². The van der Waals surface area contributed by atoms with Crippen LogP contribution in [0.25, 0.3) is 0 Å². The molecule has 1 aromatic heterocycles. The van der Waals surface area contributed by atoms with Gasteiger partial charge in [0, 0.05) is 52.5 Å². The number of nitrogens with zero attached hydrogens (tertiary/aromatic N) is 4. The summed E-state index contributed by atoms with van der Waals surface area (Å²) >= 11 is 0. The number of amides is 2. The molecule has 2 fully saturated rings. The number of carbonyl (C=O) groups is 2. The first-order valence-corrected chi connectivity index (χ1v) is 9.09. The Kier molecular flexibility index (Phi) is 5.42. The molecular formula is C18H28N4O3. The second-order valence-electron chi connectivity index (χ2n) is 7.26. The smallest absolute Gasteiger partial charge is 0.230 e. The minimum atomic E-state index is -0.371. The Balaban J connectivity index is 1.56. The van der Waals surface area contributed by atoms with Crippen molar-refractivity contribution >= 4 is 11.8 Å². The highest BCUT2D eigenvalue weighted by molar-refractivity contribution is 5.86. The minimum absolute atomic E-state index is 0.117. The van der Waals surface area contributed by atoms with E-state index in [-0.39, 0.29) is 17.2 Å². The molecule has 1 spiro atoms. The van der Waals surface area contributed by atoms with E-state index in [1.165, 1.54) is 0 Å². The zero-order valence-corrected chi connectivity index (χ0v) is 15.2. The van der Waals surface area contributed by atoms with Crippen molar-refractivity contribution in [2.24, 2.45) is 5.41 Å². The molecule has 25 heavy (non-hydrogen) atoms. The number of likely N-dealkylation sites (tertiary alicyclic amines) is 2. The van der Waals surface area contributed by atoms with Gasteiger partial charge in [0.2, 0.25) is 11.8 Å². The average molecular weight is 348 g/mol. The van der Waals surface area contributed by atoms with E-state index in [1.807, 2.05) is 22.9 Å². The lowest BCUT2D eigenvalue weighted by Crippen LogP contribution is -2.51. The van der Waals surface area contributed by atoms with Crippen LogP contribution < -0.4 is 0 Å². The fraction of sp³-hybridized carbons (Fsp3) is 0.722. The highest BCUT2D eigenvalue weighted by atomic mass is 16.5. The van der Waals surface area contributed by atoms with Crippen molar-refractivity contribution in [3.63, 3.8) is 0 Å². The quantitative estimate of drug-likeness (QED) is 0.771. The molecule has 138 valence electrons. The molecule has 0 bridgehead atoms. The molecule has 2 amide bonds. The molecule has 2 saturated heterocycles. The van der Waals surface area contributed by atoms with Crippen molar-refractivity contribution in [3.8, 4) is 0 Å².